The molecule has 1 aliphatic carbocycles. The van der Waals surface area contributed by atoms with Gasteiger partial charge in [-0.3, -0.25) is 4.79 Å². The molecule has 0 unspecified atom stereocenters. The molecule has 6 heteroatoms. The smallest absolute Gasteiger partial charge is 0.357 e. The van der Waals surface area contributed by atoms with E-state index >= 15 is 0 Å². The first kappa shape index (κ1) is 13.8. The summed E-state index contributed by atoms with van der Waals surface area (Å²) >= 11 is 0. The van der Waals surface area contributed by atoms with Crippen molar-refractivity contribution in [3.63, 3.8) is 0 Å². The summed E-state index contributed by atoms with van der Waals surface area (Å²) in [6, 6.07) is 2.09. The standard InChI is InChI=1S/C13H15F3N2O/c1-18(10-2-4-11(19)5-3-10)12-8-9(6-7-17-12)13(14,15)16/h6-8,10H,2-5H2,1H3. The first-order valence-electron chi connectivity index (χ1n) is 6.15. The van der Waals surface area contributed by atoms with Crippen LogP contribution in [0.2, 0.25) is 0 Å². The molecule has 1 aromatic rings. The van der Waals surface area contributed by atoms with E-state index in [0.29, 0.717) is 31.5 Å². The second kappa shape index (κ2) is 5.19. The molecule has 3 nitrogen and oxygen atoms in total. The van der Waals surface area contributed by atoms with Gasteiger partial charge in [0, 0.05) is 32.1 Å². The summed E-state index contributed by atoms with van der Waals surface area (Å²) < 4.78 is 37.9. The Labute approximate surface area is 109 Å². The molecule has 0 aromatic carbocycles. The average molecular weight is 272 g/mol. The van der Waals surface area contributed by atoms with Crippen molar-refractivity contribution in [2.24, 2.45) is 0 Å². The first-order chi connectivity index (χ1) is 8.88. The van der Waals surface area contributed by atoms with Crippen LogP contribution in [-0.4, -0.2) is 23.9 Å². The van der Waals surface area contributed by atoms with Crippen molar-refractivity contribution < 1.29 is 18.0 Å². The third kappa shape index (κ3) is 3.24. The van der Waals surface area contributed by atoms with Crippen LogP contribution in [0.5, 0.6) is 0 Å². The zero-order chi connectivity index (χ0) is 14.0. The highest BCUT2D eigenvalue weighted by atomic mass is 19.4. The molecule has 1 saturated carbocycles. The Balaban J connectivity index is 2.15. The summed E-state index contributed by atoms with van der Waals surface area (Å²) in [7, 11) is 1.73. The van der Waals surface area contributed by atoms with E-state index in [0.717, 1.165) is 12.1 Å². The van der Waals surface area contributed by atoms with Crippen molar-refractivity contribution in [2.75, 3.05) is 11.9 Å². The molecule has 1 aliphatic rings. The van der Waals surface area contributed by atoms with Gasteiger partial charge in [0.25, 0.3) is 0 Å². The van der Waals surface area contributed by atoms with Gasteiger partial charge in [0.05, 0.1) is 5.56 Å². The minimum absolute atomic E-state index is 0.0775. The van der Waals surface area contributed by atoms with Crippen molar-refractivity contribution in [1.29, 1.82) is 0 Å². The summed E-state index contributed by atoms with van der Waals surface area (Å²) in [5.74, 6) is 0.524. The van der Waals surface area contributed by atoms with Crippen molar-refractivity contribution in [2.45, 2.75) is 37.9 Å². The highest BCUT2D eigenvalue weighted by Crippen LogP contribution is 2.31. The van der Waals surface area contributed by atoms with E-state index < -0.39 is 11.7 Å². The molecule has 0 N–H and O–H groups in total. The van der Waals surface area contributed by atoms with Crippen molar-refractivity contribution in [3.05, 3.63) is 23.9 Å². The number of anilines is 1. The number of pyridine rings is 1. The van der Waals surface area contributed by atoms with Crippen LogP contribution in [0.1, 0.15) is 31.2 Å². The number of Topliss-reactive ketones (excluding diaryl/α,β-unsaturated/α-hetero) is 1. The maximum Gasteiger partial charge on any atom is 0.416 e. The highest BCUT2D eigenvalue weighted by molar-refractivity contribution is 5.79. The van der Waals surface area contributed by atoms with Crippen LogP contribution in [-0.2, 0) is 11.0 Å². The largest absolute Gasteiger partial charge is 0.416 e. The number of halogens is 3. The van der Waals surface area contributed by atoms with Crippen LogP contribution < -0.4 is 4.90 Å². The molecule has 1 aromatic heterocycles. The van der Waals surface area contributed by atoms with Crippen molar-refractivity contribution in [3.8, 4) is 0 Å². The summed E-state index contributed by atoms with van der Waals surface area (Å²) in [6.07, 6.45) is -0.855. The molecule has 1 fully saturated rings. The topological polar surface area (TPSA) is 33.2 Å². The Bertz CT molecular complexity index is 463. The normalized spacial score (nSPS) is 17.6. The summed E-state index contributed by atoms with van der Waals surface area (Å²) in [6.45, 7) is 0. The molecule has 0 aliphatic heterocycles. The van der Waals surface area contributed by atoms with Gasteiger partial charge in [0.2, 0.25) is 0 Å². The molecule has 1 heterocycles. The third-order valence-corrected chi connectivity index (χ3v) is 3.49. The second-order valence-electron chi connectivity index (χ2n) is 4.78. The second-order valence-corrected chi connectivity index (χ2v) is 4.78. The minimum Gasteiger partial charge on any atom is -0.357 e. The van der Waals surface area contributed by atoms with Gasteiger partial charge in [-0.2, -0.15) is 13.2 Å². The van der Waals surface area contributed by atoms with Crippen LogP contribution in [0, 0.1) is 0 Å². The molecule has 0 radical (unpaired) electrons. The molecule has 0 spiro atoms. The molecule has 0 amide bonds. The molecule has 0 atom stereocenters. The summed E-state index contributed by atoms with van der Waals surface area (Å²) in [4.78, 5) is 16.9. The first-order valence-corrected chi connectivity index (χ1v) is 6.15. The Morgan fingerprint density at radius 3 is 2.53 bits per heavy atom. The molecular weight excluding hydrogens is 257 g/mol. The Morgan fingerprint density at radius 2 is 1.95 bits per heavy atom. The van der Waals surface area contributed by atoms with Gasteiger partial charge in [-0.25, -0.2) is 4.98 Å². The van der Waals surface area contributed by atoms with E-state index in [1.807, 2.05) is 0 Å². The number of carbonyl (C=O) groups excluding carboxylic acids is 1. The highest BCUT2D eigenvalue weighted by Gasteiger charge is 2.31. The number of rotatable bonds is 2. The number of carbonyl (C=O) groups is 1. The molecular formula is C13H15F3N2O. The summed E-state index contributed by atoms with van der Waals surface area (Å²) in [5.41, 5.74) is -0.698. The number of hydrogen-bond acceptors (Lipinski definition) is 3. The molecule has 19 heavy (non-hydrogen) atoms. The lowest BCUT2D eigenvalue weighted by Crippen LogP contribution is -2.35. The van der Waals surface area contributed by atoms with E-state index in [4.69, 9.17) is 0 Å². The van der Waals surface area contributed by atoms with Gasteiger partial charge in [-0.1, -0.05) is 0 Å². The van der Waals surface area contributed by atoms with E-state index in [9.17, 15) is 18.0 Å². The van der Waals surface area contributed by atoms with Crippen LogP contribution in [0.4, 0.5) is 19.0 Å². The fraction of sp³-hybridized carbons (Fsp3) is 0.538. The van der Waals surface area contributed by atoms with Gasteiger partial charge in [0.1, 0.15) is 11.6 Å². The fourth-order valence-corrected chi connectivity index (χ4v) is 2.29. The monoisotopic (exact) mass is 272 g/mol. The molecule has 104 valence electrons. The van der Waals surface area contributed by atoms with Gasteiger partial charge >= 0.3 is 6.18 Å². The fourth-order valence-electron chi connectivity index (χ4n) is 2.29. The predicted molar refractivity (Wildman–Crippen MR) is 64.9 cm³/mol. The predicted octanol–water partition coefficient (Wildman–Crippen LogP) is 3.05. The quantitative estimate of drug-likeness (QED) is 0.829. The summed E-state index contributed by atoms with van der Waals surface area (Å²) in [5, 5.41) is 0. The van der Waals surface area contributed by atoms with Crippen molar-refractivity contribution in [1.82, 2.24) is 4.98 Å². The Morgan fingerprint density at radius 1 is 1.32 bits per heavy atom. The van der Waals surface area contributed by atoms with E-state index in [2.05, 4.69) is 4.98 Å². The van der Waals surface area contributed by atoms with Gasteiger partial charge in [-0.05, 0) is 25.0 Å². The lowest BCUT2D eigenvalue weighted by molar-refractivity contribution is -0.137. The number of aromatic nitrogens is 1. The van der Waals surface area contributed by atoms with Crippen LogP contribution >= 0.6 is 0 Å². The van der Waals surface area contributed by atoms with Gasteiger partial charge in [-0.15, -0.1) is 0 Å². The molecule has 0 saturated heterocycles. The number of ketones is 1. The van der Waals surface area contributed by atoms with Crippen molar-refractivity contribution >= 4 is 11.6 Å². The number of alkyl halides is 3. The number of nitrogens with zero attached hydrogens (tertiary/aromatic N) is 2. The zero-order valence-electron chi connectivity index (χ0n) is 10.6. The Hall–Kier alpha value is -1.59. The zero-order valence-corrected chi connectivity index (χ0v) is 10.6. The molecule has 2 rings (SSSR count). The van der Waals surface area contributed by atoms with E-state index in [1.54, 1.807) is 11.9 Å². The van der Waals surface area contributed by atoms with Crippen LogP contribution in [0.25, 0.3) is 0 Å². The molecule has 0 bridgehead atoms. The Kier molecular flexibility index (Phi) is 3.78. The third-order valence-electron chi connectivity index (χ3n) is 3.49. The van der Waals surface area contributed by atoms with E-state index in [-0.39, 0.29) is 11.8 Å². The van der Waals surface area contributed by atoms with Crippen LogP contribution in [0.15, 0.2) is 18.3 Å². The maximum absolute atomic E-state index is 12.6. The van der Waals surface area contributed by atoms with E-state index in [1.165, 1.54) is 6.20 Å². The van der Waals surface area contributed by atoms with Gasteiger partial charge < -0.3 is 4.90 Å². The maximum atomic E-state index is 12.6. The lowest BCUT2D eigenvalue weighted by Gasteiger charge is -2.31. The SMILES string of the molecule is CN(c1cc(C(F)(F)F)ccn1)C1CCC(=O)CC1. The minimum atomic E-state index is -4.36. The number of hydrogen-bond donors (Lipinski definition) is 0. The average Bonchev–Trinajstić information content (AvgIpc) is 2.38. The van der Waals surface area contributed by atoms with Crippen LogP contribution in [0.3, 0.4) is 0 Å². The lowest BCUT2D eigenvalue weighted by atomic mass is 9.93. The van der Waals surface area contributed by atoms with Gasteiger partial charge in [0.15, 0.2) is 0 Å².